The van der Waals surface area contributed by atoms with Crippen LogP contribution in [0.25, 0.3) is 12.2 Å². The lowest BCUT2D eigenvalue weighted by Crippen LogP contribution is -2.07. The van der Waals surface area contributed by atoms with Crippen molar-refractivity contribution in [3.63, 3.8) is 0 Å². The van der Waals surface area contributed by atoms with Crippen LogP contribution in [0, 0.1) is 0 Å². The van der Waals surface area contributed by atoms with E-state index in [1.165, 1.54) is 0 Å². The summed E-state index contributed by atoms with van der Waals surface area (Å²) in [7, 11) is 4.78. The zero-order chi connectivity index (χ0) is 27.1. The molecular weight excluding hydrogens is 480 g/mol. The number of aromatic hydroxyl groups is 3. The molecule has 0 saturated heterocycles. The second-order valence-electron chi connectivity index (χ2n) is 8.93. The number of phenols is 3. The molecule has 1 atom stereocenters. The topological polar surface area (TPSA) is 88.4 Å². The van der Waals surface area contributed by atoms with E-state index in [1.807, 2.05) is 60.7 Å². The number of hydrogen-bond acceptors (Lipinski definition) is 6. The Hall–Kier alpha value is -4.58. The van der Waals surface area contributed by atoms with Gasteiger partial charge in [0.2, 0.25) is 0 Å². The molecule has 0 fully saturated rings. The lowest BCUT2D eigenvalue weighted by atomic mass is 9.83. The standard InChI is InChI=1S/C32H32O6/c1-36-27-15-9-22(10-16-27)29(17-11-23-8-14-26(34)19-31(23)38-3)32-24(18-28(37-2)20-30(32)35)7-4-21-5-12-25(33)13-6-21/h4-10,12-16,18-20,29,33-35H,11,17H2,1-3H3/b7-4+/t29-/m0/s1. The van der Waals surface area contributed by atoms with Crippen LogP contribution in [0.2, 0.25) is 0 Å². The second kappa shape index (κ2) is 12.1. The molecule has 6 nitrogen and oxygen atoms in total. The SMILES string of the molecule is COc1ccc([C@H](CCc2ccc(O)cc2OC)c2c(O)cc(OC)cc2/C=C/c2ccc(O)cc2)cc1. The van der Waals surface area contributed by atoms with Crippen LogP contribution in [0.5, 0.6) is 34.5 Å². The van der Waals surface area contributed by atoms with Gasteiger partial charge < -0.3 is 29.5 Å². The van der Waals surface area contributed by atoms with Crippen molar-refractivity contribution in [2.24, 2.45) is 0 Å². The van der Waals surface area contributed by atoms with Crippen LogP contribution >= 0.6 is 0 Å². The highest BCUT2D eigenvalue weighted by molar-refractivity contribution is 5.74. The van der Waals surface area contributed by atoms with Crippen LogP contribution in [0.3, 0.4) is 0 Å². The van der Waals surface area contributed by atoms with Crippen LogP contribution in [-0.2, 0) is 6.42 Å². The van der Waals surface area contributed by atoms with Gasteiger partial charge in [0.05, 0.1) is 21.3 Å². The number of benzene rings is 4. The van der Waals surface area contributed by atoms with E-state index in [0.717, 1.165) is 33.6 Å². The Kier molecular flexibility index (Phi) is 8.44. The van der Waals surface area contributed by atoms with Crippen molar-refractivity contribution in [1.29, 1.82) is 0 Å². The van der Waals surface area contributed by atoms with E-state index in [2.05, 4.69) is 0 Å². The molecule has 0 aromatic heterocycles. The molecule has 0 aliphatic rings. The molecule has 0 aliphatic heterocycles. The van der Waals surface area contributed by atoms with Gasteiger partial charge >= 0.3 is 0 Å². The fourth-order valence-electron chi connectivity index (χ4n) is 4.59. The first-order valence-electron chi connectivity index (χ1n) is 12.3. The van der Waals surface area contributed by atoms with Gasteiger partial charge in [0.15, 0.2) is 0 Å². The monoisotopic (exact) mass is 512 g/mol. The normalized spacial score (nSPS) is 11.9. The molecule has 0 aliphatic carbocycles. The molecule has 38 heavy (non-hydrogen) atoms. The van der Waals surface area contributed by atoms with Crippen molar-refractivity contribution in [3.8, 4) is 34.5 Å². The van der Waals surface area contributed by atoms with E-state index in [1.54, 1.807) is 51.7 Å². The third-order valence-corrected chi connectivity index (χ3v) is 6.59. The number of hydrogen-bond donors (Lipinski definition) is 3. The minimum atomic E-state index is -0.176. The van der Waals surface area contributed by atoms with Crippen LogP contribution in [0.4, 0.5) is 0 Å². The zero-order valence-electron chi connectivity index (χ0n) is 21.7. The molecule has 0 radical (unpaired) electrons. The van der Waals surface area contributed by atoms with Crippen LogP contribution < -0.4 is 14.2 Å². The smallest absolute Gasteiger partial charge is 0.125 e. The summed E-state index contributed by atoms with van der Waals surface area (Å²) < 4.78 is 16.3. The molecule has 196 valence electrons. The molecule has 4 aromatic rings. The molecule has 0 amide bonds. The molecule has 3 N–H and O–H groups in total. The summed E-state index contributed by atoms with van der Waals surface area (Å²) in [5.74, 6) is 2.21. The van der Waals surface area contributed by atoms with Gasteiger partial charge in [-0.3, -0.25) is 0 Å². The Morgan fingerprint density at radius 2 is 1.37 bits per heavy atom. The van der Waals surface area contributed by atoms with Crippen LogP contribution in [-0.4, -0.2) is 36.6 Å². The Morgan fingerprint density at radius 1 is 0.684 bits per heavy atom. The van der Waals surface area contributed by atoms with Gasteiger partial charge in [0, 0.05) is 23.6 Å². The van der Waals surface area contributed by atoms with E-state index in [4.69, 9.17) is 14.2 Å². The summed E-state index contributed by atoms with van der Waals surface area (Å²) >= 11 is 0. The number of aryl methyl sites for hydroxylation is 1. The van der Waals surface area contributed by atoms with E-state index >= 15 is 0 Å². The van der Waals surface area contributed by atoms with E-state index in [0.29, 0.717) is 24.3 Å². The summed E-state index contributed by atoms with van der Waals surface area (Å²) in [6, 6.07) is 23.4. The predicted octanol–water partition coefficient (Wildman–Crippen LogP) is 6.76. The van der Waals surface area contributed by atoms with E-state index in [9.17, 15) is 15.3 Å². The summed E-state index contributed by atoms with van der Waals surface area (Å²) in [4.78, 5) is 0. The van der Waals surface area contributed by atoms with Crippen molar-refractivity contribution in [2.75, 3.05) is 21.3 Å². The maximum atomic E-state index is 11.3. The largest absolute Gasteiger partial charge is 0.508 e. The Bertz CT molecular complexity index is 1390. The van der Waals surface area contributed by atoms with Gasteiger partial charge in [0.25, 0.3) is 0 Å². The number of ether oxygens (including phenoxy) is 3. The molecule has 4 rings (SSSR count). The highest BCUT2D eigenvalue weighted by Gasteiger charge is 2.23. The van der Waals surface area contributed by atoms with Crippen molar-refractivity contribution >= 4 is 12.2 Å². The third kappa shape index (κ3) is 6.21. The Balaban J connectivity index is 1.79. The van der Waals surface area contributed by atoms with Gasteiger partial charge in [-0.05, 0) is 71.5 Å². The first-order valence-corrected chi connectivity index (χ1v) is 12.3. The fraction of sp³-hybridized carbons (Fsp3) is 0.188. The molecular formula is C32H32O6. The summed E-state index contributed by atoms with van der Waals surface area (Å²) in [6.07, 6.45) is 5.19. The highest BCUT2D eigenvalue weighted by atomic mass is 16.5. The van der Waals surface area contributed by atoms with Gasteiger partial charge in [-0.1, -0.05) is 42.5 Å². The maximum Gasteiger partial charge on any atom is 0.125 e. The van der Waals surface area contributed by atoms with Crippen molar-refractivity contribution in [2.45, 2.75) is 18.8 Å². The van der Waals surface area contributed by atoms with Gasteiger partial charge in [-0.2, -0.15) is 0 Å². The van der Waals surface area contributed by atoms with Crippen LogP contribution in [0.15, 0.2) is 78.9 Å². The fourth-order valence-corrected chi connectivity index (χ4v) is 4.59. The molecule has 0 saturated carbocycles. The Morgan fingerprint density at radius 3 is 2.03 bits per heavy atom. The van der Waals surface area contributed by atoms with E-state index in [-0.39, 0.29) is 23.2 Å². The van der Waals surface area contributed by atoms with Crippen molar-refractivity contribution in [1.82, 2.24) is 0 Å². The molecule has 0 unspecified atom stereocenters. The molecule has 6 heteroatoms. The minimum Gasteiger partial charge on any atom is -0.508 e. The second-order valence-corrected chi connectivity index (χ2v) is 8.93. The lowest BCUT2D eigenvalue weighted by molar-refractivity contribution is 0.401. The summed E-state index contributed by atoms with van der Waals surface area (Å²) in [6.45, 7) is 0. The number of methoxy groups -OCH3 is 3. The lowest BCUT2D eigenvalue weighted by Gasteiger charge is -2.23. The van der Waals surface area contributed by atoms with Gasteiger partial charge in [-0.25, -0.2) is 0 Å². The molecule has 4 aromatic carbocycles. The first kappa shape index (κ1) is 26.5. The predicted molar refractivity (Wildman–Crippen MR) is 150 cm³/mol. The summed E-state index contributed by atoms with van der Waals surface area (Å²) in [5, 5.41) is 30.8. The first-order chi connectivity index (χ1) is 18.4. The minimum absolute atomic E-state index is 0.133. The van der Waals surface area contributed by atoms with Gasteiger partial charge in [0.1, 0.15) is 34.5 Å². The molecule has 0 heterocycles. The average Bonchev–Trinajstić information content (AvgIpc) is 2.94. The number of phenolic OH excluding ortho intramolecular Hbond substituents is 3. The molecule has 0 bridgehead atoms. The van der Waals surface area contributed by atoms with Crippen molar-refractivity contribution < 1.29 is 29.5 Å². The maximum absolute atomic E-state index is 11.3. The van der Waals surface area contributed by atoms with Crippen molar-refractivity contribution in [3.05, 3.63) is 107 Å². The third-order valence-electron chi connectivity index (χ3n) is 6.59. The summed E-state index contributed by atoms with van der Waals surface area (Å²) in [5.41, 5.74) is 4.46. The molecule has 0 spiro atoms. The van der Waals surface area contributed by atoms with Gasteiger partial charge in [-0.15, -0.1) is 0 Å². The quantitative estimate of drug-likeness (QED) is 0.203. The highest BCUT2D eigenvalue weighted by Crippen LogP contribution is 2.41. The average molecular weight is 513 g/mol. The zero-order valence-corrected chi connectivity index (χ0v) is 21.7. The number of rotatable bonds is 10. The van der Waals surface area contributed by atoms with E-state index < -0.39 is 0 Å². The van der Waals surface area contributed by atoms with Crippen LogP contribution in [0.1, 0.15) is 40.2 Å². The Labute approximate surface area is 223 Å².